The first kappa shape index (κ1) is 12.6. The van der Waals surface area contributed by atoms with Crippen LogP contribution >= 0.6 is 0 Å². The van der Waals surface area contributed by atoms with Crippen molar-refractivity contribution in [1.82, 2.24) is 25.1 Å². The Balaban J connectivity index is 1.40. The highest BCUT2D eigenvalue weighted by Gasteiger charge is 2.31. The molecule has 0 N–H and O–H groups in total. The molecule has 1 aromatic heterocycles. The molecule has 7 nitrogen and oxygen atoms in total. The predicted octanol–water partition coefficient (Wildman–Crippen LogP) is 0.353. The van der Waals surface area contributed by atoms with Gasteiger partial charge in [-0.1, -0.05) is 18.2 Å². The van der Waals surface area contributed by atoms with Gasteiger partial charge in [0, 0.05) is 6.42 Å². The maximum atomic E-state index is 11.9. The lowest BCUT2D eigenvalue weighted by Crippen LogP contribution is -2.56. The van der Waals surface area contributed by atoms with Crippen LogP contribution in [0.1, 0.15) is 6.42 Å². The second-order valence-electron chi connectivity index (χ2n) is 4.67. The van der Waals surface area contributed by atoms with Crippen LogP contribution < -0.4 is 4.74 Å². The second kappa shape index (κ2) is 5.68. The van der Waals surface area contributed by atoms with Gasteiger partial charge >= 0.3 is 0 Å². The van der Waals surface area contributed by atoms with Crippen molar-refractivity contribution in [2.75, 3.05) is 13.1 Å². The fraction of sp³-hybridized carbons (Fsp3) is 0.385. The van der Waals surface area contributed by atoms with Gasteiger partial charge in [-0.05, 0) is 22.6 Å². The Morgan fingerprint density at radius 1 is 1.30 bits per heavy atom. The number of aryl methyl sites for hydroxylation is 1. The number of hydrogen-bond donors (Lipinski definition) is 0. The summed E-state index contributed by atoms with van der Waals surface area (Å²) in [5, 5.41) is 10.8. The molecular formula is C13H15N5O2. The lowest BCUT2D eigenvalue weighted by Gasteiger charge is -2.39. The number of ether oxygens (including phenoxy) is 1. The average Bonchev–Trinajstić information content (AvgIpc) is 2.94. The number of hydrogen-bond acceptors (Lipinski definition) is 5. The van der Waals surface area contributed by atoms with Crippen LogP contribution in [0, 0.1) is 0 Å². The minimum absolute atomic E-state index is 0.0920. The van der Waals surface area contributed by atoms with Crippen LogP contribution in [-0.4, -0.2) is 50.2 Å². The van der Waals surface area contributed by atoms with Gasteiger partial charge in [0.2, 0.25) is 5.91 Å². The lowest BCUT2D eigenvalue weighted by atomic mass is 10.1. The fourth-order valence-electron chi connectivity index (χ4n) is 2.06. The van der Waals surface area contributed by atoms with E-state index in [1.807, 2.05) is 30.3 Å². The van der Waals surface area contributed by atoms with E-state index >= 15 is 0 Å². The first-order chi connectivity index (χ1) is 9.81. The normalized spacial score (nSPS) is 14.9. The maximum Gasteiger partial charge on any atom is 0.224 e. The van der Waals surface area contributed by atoms with E-state index in [1.54, 1.807) is 9.58 Å². The topological polar surface area (TPSA) is 73.1 Å². The van der Waals surface area contributed by atoms with Crippen molar-refractivity contribution >= 4 is 5.91 Å². The highest BCUT2D eigenvalue weighted by Crippen LogP contribution is 2.18. The molecule has 0 bridgehead atoms. The summed E-state index contributed by atoms with van der Waals surface area (Å²) in [4.78, 5) is 13.7. The fourth-order valence-corrected chi connectivity index (χ4v) is 2.06. The van der Waals surface area contributed by atoms with Gasteiger partial charge in [0.25, 0.3) is 0 Å². The molecule has 0 radical (unpaired) electrons. The third-order valence-corrected chi connectivity index (χ3v) is 3.19. The highest BCUT2D eigenvalue weighted by atomic mass is 16.5. The van der Waals surface area contributed by atoms with E-state index in [4.69, 9.17) is 4.74 Å². The minimum Gasteiger partial charge on any atom is -0.487 e. The Kier molecular flexibility index (Phi) is 3.58. The molecule has 0 aliphatic carbocycles. The molecule has 0 unspecified atom stereocenters. The molecule has 1 aliphatic heterocycles. The number of tetrazole rings is 1. The van der Waals surface area contributed by atoms with E-state index < -0.39 is 0 Å². The van der Waals surface area contributed by atoms with Gasteiger partial charge in [-0.2, -0.15) is 0 Å². The van der Waals surface area contributed by atoms with Crippen molar-refractivity contribution in [3.8, 4) is 5.75 Å². The summed E-state index contributed by atoms with van der Waals surface area (Å²) in [6.45, 7) is 1.79. The zero-order chi connectivity index (χ0) is 13.8. The highest BCUT2D eigenvalue weighted by molar-refractivity contribution is 5.77. The molecule has 1 aliphatic rings. The number of aromatic nitrogens is 4. The molecule has 1 saturated heterocycles. The first-order valence-electron chi connectivity index (χ1n) is 6.51. The molecule has 20 heavy (non-hydrogen) atoms. The van der Waals surface area contributed by atoms with E-state index in [2.05, 4.69) is 15.5 Å². The van der Waals surface area contributed by atoms with Crippen LogP contribution in [-0.2, 0) is 11.3 Å². The monoisotopic (exact) mass is 273 g/mol. The average molecular weight is 273 g/mol. The summed E-state index contributed by atoms with van der Waals surface area (Å²) in [7, 11) is 0. The second-order valence-corrected chi connectivity index (χ2v) is 4.67. The van der Waals surface area contributed by atoms with E-state index in [-0.39, 0.29) is 12.0 Å². The number of nitrogens with zero attached hydrogens (tertiary/aromatic N) is 5. The SMILES string of the molecule is O=C(CCn1cnnn1)N1CC(Oc2ccccc2)C1. The lowest BCUT2D eigenvalue weighted by molar-refractivity contribution is -0.140. The summed E-state index contributed by atoms with van der Waals surface area (Å²) in [6, 6.07) is 9.65. The molecule has 1 amide bonds. The van der Waals surface area contributed by atoms with Gasteiger partial charge in [-0.25, -0.2) is 4.68 Å². The Morgan fingerprint density at radius 2 is 2.10 bits per heavy atom. The Morgan fingerprint density at radius 3 is 2.80 bits per heavy atom. The Bertz CT molecular complexity index is 551. The number of carbonyl (C=O) groups is 1. The summed E-state index contributed by atoms with van der Waals surface area (Å²) >= 11 is 0. The van der Waals surface area contributed by atoms with Gasteiger partial charge < -0.3 is 9.64 Å². The molecule has 0 saturated carbocycles. The third kappa shape index (κ3) is 2.93. The molecule has 1 fully saturated rings. The molecule has 7 heteroatoms. The Hall–Kier alpha value is -2.44. The van der Waals surface area contributed by atoms with Crippen molar-refractivity contribution in [2.45, 2.75) is 19.1 Å². The standard InChI is InChI=1S/C13H15N5O2/c19-13(6-7-18-10-14-15-16-18)17-8-12(9-17)20-11-4-2-1-3-5-11/h1-5,10,12H,6-9H2. The molecule has 0 atom stereocenters. The largest absolute Gasteiger partial charge is 0.487 e. The Labute approximate surface area is 116 Å². The molecule has 0 spiro atoms. The van der Waals surface area contributed by atoms with Crippen molar-refractivity contribution in [3.63, 3.8) is 0 Å². The van der Waals surface area contributed by atoms with Crippen LogP contribution in [0.5, 0.6) is 5.75 Å². The van der Waals surface area contributed by atoms with Crippen LogP contribution in [0.2, 0.25) is 0 Å². The molecule has 104 valence electrons. The summed E-state index contributed by atoms with van der Waals surface area (Å²) in [5.41, 5.74) is 0. The molecular weight excluding hydrogens is 258 g/mol. The maximum absolute atomic E-state index is 11.9. The van der Waals surface area contributed by atoms with Crippen molar-refractivity contribution in [1.29, 1.82) is 0 Å². The van der Waals surface area contributed by atoms with Crippen LogP contribution in [0.15, 0.2) is 36.7 Å². The van der Waals surface area contributed by atoms with Crippen LogP contribution in [0.25, 0.3) is 0 Å². The van der Waals surface area contributed by atoms with Gasteiger partial charge in [-0.3, -0.25) is 4.79 Å². The summed E-state index contributed by atoms with van der Waals surface area (Å²) in [5.74, 6) is 0.951. The summed E-state index contributed by atoms with van der Waals surface area (Å²) < 4.78 is 7.30. The quantitative estimate of drug-likeness (QED) is 0.786. The van der Waals surface area contributed by atoms with Crippen LogP contribution in [0.4, 0.5) is 0 Å². The zero-order valence-electron chi connectivity index (χ0n) is 10.9. The van der Waals surface area contributed by atoms with Gasteiger partial charge in [0.15, 0.2) is 0 Å². The predicted molar refractivity (Wildman–Crippen MR) is 69.9 cm³/mol. The molecule has 2 heterocycles. The number of rotatable bonds is 5. The summed E-state index contributed by atoms with van der Waals surface area (Å²) in [6.07, 6.45) is 2.00. The van der Waals surface area contributed by atoms with E-state index in [0.29, 0.717) is 26.1 Å². The molecule has 3 rings (SSSR count). The first-order valence-corrected chi connectivity index (χ1v) is 6.51. The molecule has 1 aromatic carbocycles. The van der Waals surface area contributed by atoms with E-state index in [0.717, 1.165) is 5.75 Å². The smallest absolute Gasteiger partial charge is 0.224 e. The number of amides is 1. The number of para-hydroxylation sites is 1. The van der Waals surface area contributed by atoms with E-state index in [9.17, 15) is 4.79 Å². The number of carbonyl (C=O) groups excluding carboxylic acids is 1. The van der Waals surface area contributed by atoms with Crippen molar-refractivity contribution in [3.05, 3.63) is 36.7 Å². The van der Waals surface area contributed by atoms with Crippen molar-refractivity contribution < 1.29 is 9.53 Å². The number of likely N-dealkylation sites (tertiary alicyclic amines) is 1. The van der Waals surface area contributed by atoms with Gasteiger partial charge in [-0.15, -0.1) is 5.10 Å². The van der Waals surface area contributed by atoms with Gasteiger partial charge in [0.1, 0.15) is 18.2 Å². The van der Waals surface area contributed by atoms with Crippen molar-refractivity contribution in [2.24, 2.45) is 0 Å². The number of benzene rings is 1. The molecule has 2 aromatic rings. The zero-order valence-corrected chi connectivity index (χ0v) is 10.9. The van der Waals surface area contributed by atoms with Crippen LogP contribution in [0.3, 0.4) is 0 Å². The van der Waals surface area contributed by atoms with Gasteiger partial charge in [0.05, 0.1) is 19.6 Å². The third-order valence-electron chi connectivity index (χ3n) is 3.19. The minimum atomic E-state index is 0.0920. The van der Waals surface area contributed by atoms with E-state index in [1.165, 1.54) is 6.33 Å².